The first-order valence-corrected chi connectivity index (χ1v) is 8.17. The second-order valence-electron chi connectivity index (χ2n) is 4.92. The lowest BCUT2D eigenvalue weighted by Gasteiger charge is -2.17. The minimum atomic E-state index is 0.0447. The van der Waals surface area contributed by atoms with Crippen LogP contribution in [-0.2, 0) is 6.61 Å². The van der Waals surface area contributed by atoms with Gasteiger partial charge in [-0.1, -0.05) is 0 Å². The summed E-state index contributed by atoms with van der Waals surface area (Å²) < 4.78 is 5.67. The minimum Gasteiger partial charge on any atom is -0.485 e. The van der Waals surface area contributed by atoms with Gasteiger partial charge < -0.3 is 9.64 Å². The molecule has 5 nitrogen and oxygen atoms in total. The summed E-state index contributed by atoms with van der Waals surface area (Å²) in [4.78, 5) is 23.5. The summed E-state index contributed by atoms with van der Waals surface area (Å²) >= 11 is 1.40. The van der Waals surface area contributed by atoms with Crippen molar-refractivity contribution in [2.24, 2.45) is 0 Å². The zero-order chi connectivity index (χ0) is 16.1. The number of thiazole rings is 1. The predicted molar refractivity (Wildman–Crippen MR) is 87.4 cm³/mol. The van der Waals surface area contributed by atoms with Crippen LogP contribution in [0, 0.1) is 13.8 Å². The van der Waals surface area contributed by atoms with Crippen molar-refractivity contribution in [1.82, 2.24) is 14.9 Å². The highest BCUT2D eigenvalue weighted by atomic mass is 32.1. The molecule has 2 rings (SSSR count). The van der Waals surface area contributed by atoms with Gasteiger partial charge >= 0.3 is 0 Å². The maximum atomic E-state index is 12.4. The molecule has 0 radical (unpaired) electrons. The van der Waals surface area contributed by atoms with Gasteiger partial charge in [-0.25, -0.2) is 4.98 Å². The van der Waals surface area contributed by atoms with Gasteiger partial charge in [0.05, 0.1) is 11.9 Å². The van der Waals surface area contributed by atoms with Gasteiger partial charge in [0, 0.05) is 18.8 Å². The fraction of sp³-hybridized carbons (Fsp3) is 0.438. The number of aromatic nitrogens is 2. The Morgan fingerprint density at radius 1 is 1.27 bits per heavy atom. The van der Waals surface area contributed by atoms with Crippen LogP contribution < -0.4 is 4.74 Å². The fourth-order valence-corrected chi connectivity index (χ4v) is 3.00. The Labute approximate surface area is 135 Å². The van der Waals surface area contributed by atoms with Gasteiger partial charge in [-0.15, -0.1) is 11.3 Å². The van der Waals surface area contributed by atoms with E-state index < -0.39 is 0 Å². The van der Waals surface area contributed by atoms with Crippen molar-refractivity contribution in [2.75, 3.05) is 13.1 Å². The van der Waals surface area contributed by atoms with Crippen LogP contribution in [0.25, 0.3) is 0 Å². The molecule has 2 aromatic rings. The van der Waals surface area contributed by atoms with Crippen LogP contribution in [-0.4, -0.2) is 33.9 Å². The molecule has 0 bridgehead atoms. The molecule has 0 saturated heterocycles. The Morgan fingerprint density at radius 3 is 2.59 bits per heavy atom. The standard InChI is InChI=1S/C16H21N3O2S/c1-5-19(6-2)16(20)15-12(4)18-14(22-15)10-21-13-8-7-11(3)17-9-13/h7-9H,5-6,10H2,1-4H3. The van der Waals surface area contributed by atoms with Crippen LogP contribution in [0.5, 0.6) is 5.75 Å². The summed E-state index contributed by atoms with van der Waals surface area (Å²) in [5.74, 6) is 0.748. The van der Waals surface area contributed by atoms with Crippen LogP contribution in [0.2, 0.25) is 0 Å². The molecular formula is C16H21N3O2S. The van der Waals surface area contributed by atoms with E-state index in [1.807, 2.05) is 39.8 Å². The molecule has 0 N–H and O–H groups in total. The van der Waals surface area contributed by atoms with Crippen molar-refractivity contribution in [3.8, 4) is 5.75 Å². The second kappa shape index (κ2) is 7.35. The van der Waals surface area contributed by atoms with Gasteiger partial charge in [-0.05, 0) is 39.8 Å². The second-order valence-corrected chi connectivity index (χ2v) is 6.01. The van der Waals surface area contributed by atoms with E-state index in [4.69, 9.17) is 4.74 Å². The number of hydrogen-bond donors (Lipinski definition) is 0. The molecule has 0 aliphatic heterocycles. The Kier molecular flexibility index (Phi) is 5.49. The van der Waals surface area contributed by atoms with Crippen LogP contribution in [0.15, 0.2) is 18.3 Å². The average molecular weight is 319 g/mol. The minimum absolute atomic E-state index is 0.0447. The molecule has 2 heterocycles. The smallest absolute Gasteiger partial charge is 0.265 e. The lowest BCUT2D eigenvalue weighted by molar-refractivity contribution is 0.0777. The molecule has 0 unspecified atom stereocenters. The SMILES string of the molecule is CCN(CC)C(=O)c1sc(COc2ccc(C)nc2)nc1C. The molecule has 0 atom stereocenters. The first-order chi connectivity index (χ1) is 10.5. The summed E-state index contributed by atoms with van der Waals surface area (Å²) in [6.07, 6.45) is 1.69. The van der Waals surface area contributed by atoms with Crippen LogP contribution in [0.1, 0.15) is 39.9 Å². The Morgan fingerprint density at radius 2 is 2.00 bits per heavy atom. The highest BCUT2D eigenvalue weighted by Gasteiger charge is 2.19. The summed E-state index contributed by atoms with van der Waals surface area (Å²) in [6.45, 7) is 9.50. The van der Waals surface area contributed by atoms with Crippen molar-refractivity contribution in [3.63, 3.8) is 0 Å². The lowest BCUT2D eigenvalue weighted by Crippen LogP contribution is -2.30. The number of amides is 1. The molecular weight excluding hydrogens is 298 g/mol. The zero-order valence-corrected chi connectivity index (χ0v) is 14.2. The monoisotopic (exact) mass is 319 g/mol. The Balaban J connectivity index is 2.06. The molecule has 6 heteroatoms. The summed E-state index contributed by atoms with van der Waals surface area (Å²) in [5, 5.41) is 0.800. The molecule has 0 saturated carbocycles. The van der Waals surface area contributed by atoms with Gasteiger partial charge in [0.15, 0.2) is 0 Å². The van der Waals surface area contributed by atoms with Gasteiger partial charge in [0.25, 0.3) is 5.91 Å². The van der Waals surface area contributed by atoms with E-state index in [-0.39, 0.29) is 5.91 Å². The molecule has 0 spiro atoms. The highest BCUT2D eigenvalue weighted by molar-refractivity contribution is 7.13. The number of carbonyl (C=O) groups is 1. The van der Waals surface area contributed by atoms with Gasteiger partial charge in [-0.2, -0.15) is 0 Å². The van der Waals surface area contributed by atoms with Crippen molar-refractivity contribution >= 4 is 17.2 Å². The Bertz CT molecular complexity index is 633. The van der Waals surface area contributed by atoms with E-state index in [0.717, 1.165) is 16.4 Å². The zero-order valence-electron chi connectivity index (χ0n) is 13.4. The quantitative estimate of drug-likeness (QED) is 0.820. The number of pyridine rings is 1. The molecule has 0 aromatic carbocycles. The third-order valence-corrected chi connectivity index (χ3v) is 4.45. The third kappa shape index (κ3) is 3.82. The summed E-state index contributed by atoms with van der Waals surface area (Å²) in [7, 11) is 0. The van der Waals surface area contributed by atoms with Crippen LogP contribution in [0.3, 0.4) is 0 Å². The lowest BCUT2D eigenvalue weighted by atomic mass is 10.3. The number of aryl methyl sites for hydroxylation is 2. The Hall–Kier alpha value is -1.95. The molecule has 1 amide bonds. The largest absolute Gasteiger partial charge is 0.485 e. The van der Waals surface area contributed by atoms with Gasteiger partial charge in [0.2, 0.25) is 0 Å². The molecule has 0 fully saturated rings. The molecule has 22 heavy (non-hydrogen) atoms. The van der Waals surface area contributed by atoms with E-state index >= 15 is 0 Å². The van der Waals surface area contributed by atoms with Crippen molar-refractivity contribution in [3.05, 3.63) is 39.6 Å². The molecule has 118 valence electrons. The molecule has 2 aromatic heterocycles. The topological polar surface area (TPSA) is 55.3 Å². The maximum Gasteiger partial charge on any atom is 0.265 e. The predicted octanol–water partition coefficient (Wildman–Crippen LogP) is 3.22. The molecule has 0 aliphatic rings. The van der Waals surface area contributed by atoms with E-state index in [2.05, 4.69) is 9.97 Å². The summed E-state index contributed by atoms with van der Waals surface area (Å²) in [6, 6.07) is 3.78. The average Bonchev–Trinajstić information content (AvgIpc) is 2.89. The van der Waals surface area contributed by atoms with Crippen molar-refractivity contribution < 1.29 is 9.53 Å². The fourth-order valence-electron chi connectivity index (χ4n) is 2.05. The van der Waals surface area contributed by atoms with Gasteiger partial charge in [-0.3, -0.25) is 9.78 Å². The number of hydrogen-bond acceptors (Lipinski definition) is 5. The number of ether oxygens (including phenoxy) is 1. The third-order valence-electron chi connectivity index (χ3n) is 3.33. The highest BCUT2D eigenvalue weighted by Crippen LogP contribution is 2.21. The maximum absolute atomic E-state index is 12.4. The van der Waals surface area contributed by atoms with Crippen molar-refractivity contribution in [1.29, 1.82) is 0 Å². The first-order valence-electron chi connectivity index (χ1n) is 7.36. The number of carbonyl (C=O) groups excluding carboxylic acids is 1. The van der Waals surface area contributed by atoms with Crippen LogP contribution >= 0.6 is 11.3 Å². The number of rotatable bonds is 6. The van der Waals surface area contributed by atoms with E-state index in [9.17, 15) is 4.79 Å². The van der Waals surface area contributed by atoms with E-state index in [1.54, 1.807) is 11.1 Å². The molecule has 0 aliphatic carbocycles. The van der Waals surface area contributed by atoms with Crippen LogP contribution in [0.4, 0.5) is 0 Å². The van der Waals surface area contributed by atoms with E-state index in [0.29, 0.717) is 30.3 Å². The van der Waals surface area contributed by atoms with Crippen molar-refractivity contribution in [2.45, 2.75) is 34.3 Å². The number of nitrogens with zero attached hydrogens (tertiary/aromatic N) is 3. The summed E-state index contributed by atoms with van der Waals surface area (Å²) in [5.41, 5.74) is 1.71. The van der Waals surface area contributed by atoms with Gasteiger partial charge in [0.1, 0.15) is 22.2 Å². The first kappa shape index (κ1) is 16.4. The normalized spacial score (nSPS) is 10.5. The van der Waals surface area contributed by atoms with E-state index in [1.165, 1.54) is 11.3 Å².